The third-order valence-corrected chi connectivity index (χ3v) is 5.83. The second-order valence-electron chi connectivity index (χ2n) is 7.64. The number of benzene rings is 1. The monoisotopic (exact) mass is 459 g/mol. The average molecular weight is 460 g/mol. The van der Waals surface area contributed by atoms with Crippen molar-refractivity contribution in [2.24, 2.45) is 0 Å². The first-order valence-electron chi connectivity index (χ1n) is 10.1. The van der Waals surface area contributed by atoms with Gasteiger partial charge < -0.3 is 10.2 Å². The molecule has 0 saturated carbocycles. The number of carbonyl (C=O) groups is 1. The maximum Gasteiger partial charge on any atom is 0.322 e. The Hall–Kier alpha value is -3.33. The van der Waals surface area contributed by atoms with Gasteiger partial charge in [0.2, 0.25) is 5.95 Å². The third kappa shape index (κ3) is 4.08. The molecule has 0 radical (unpaired) electrons. The molecular formula is C22H20ClF2N5O2. The molecule has 0 aliphatic carbocycles. The Balaban J connectivity index is 1.63. The molecule has 166 valence electrons. The molecule has 2 unspecified atom stereocenters. The molecule has 2 amide bonds. The summed E-state index contributed by atoms with van der Waals surface area (Å²) in [5.74, 6) is -1.42. The number of pyridine rings is 1. The van der Waals surface area contributed by atoms with Gasteiger partial charge in [-0.15, -0.1) is 0 Å². The Bertz CT molecular complexity index is 1250. The molecule has 4 rings (SSSR count). The van der Waals surface area contributed by atoms with E-state index in [1.165, 1.54) is 24.4 Å². The third-order valence-electron chi connectivity index (χ3n) is 5.52. The number of fused-ring (bicyclic) bond motifs is 1. The van der Waals surface area contributed by atoms with Crippen LogP contribution in [-0.4, -0.2) is 32.2 Å². The smallest absolute Gasteiger partial charge is 0.313 e. The van der Waals surface area contributed by atoms with E-state index in [4.69, 9.17) is 11.6 Å². The molecule has 2 N–H and O–H groups in total. The van der Waals surface area contributed by atoms with Gasteiger partial charge in [-0.2, -0.15) is 9.49 Å². The summed E-state index contributed by atoms with van der Waals surface area (Å²) in [6.45, 7) is 3.76. The summed E-state index contributed by atoms with van der Waals surface area (Å²) in [6.07, 6.45) is 2.27. The highest BCUT2D eigenvalue weighted by atomic mass is 35.5. The summed E-state index contributed by atoms with van der Waals surface area (Å²) in [5, 5.41) is 9.29. The normalized spacial score (nSPS) is 17.7. The topological polar surface area (TPSA) is 91.0 Å². The lowest BCUT2D eigenvalue weighted by molar-refractivity contribution is 0.145. The van der Waals surface area contributed by atoms with Crippen molar-refractivity contribution in [3.8, 4) is 11.1 Å². The summed E-state index contributed by atoms with van der Waals surface area (Å²) >= 11 is 6.31. The van der Waals surface area contributed by atoms with E-state index in [-0.39, 0.29) is 33.9 Å². The van der Waals surface area contributed by atoms with Gasteiger partial charge in [0.15, 0.2) is 0 Å². The number of carbonyl (C=O) groups excluding carboxylic acids is 1. The van der Waals surface area contributed by atoms with Gasteiger partial charge in [0.25, 0.3) is 5.56 Å². The second kappa shape index (κ2) is 8.66. The first-order valence-corrected chi connectivity index (χ1v) is 10.4. The van der Waals surface area contributed by atoms with Gasteiger partial charge in [-0.1, -0.05) is 18.5 Å². The molecular weight excluding hydrogens is 440 g/mol. The van der Waals surface area contributed by atoms with Gasteiger partial charge in [-0.25, -0.2) is 19.3 Å². The van der Waals surface area contributed by atoms with E-state index in [1.54, 1.807) is 4.90 Å². The molecule has 1 aliphatic heterocycles. The number of aromatic amines is 1. The zero-order chi connectivity index (χ0) is 23.0. The molecule has 32 heavy (non-hydrogen) atoms. The van der Waals surface area contributed by atoms with Crippen molar-refractivity contribution in [1.29, 1.82) is 0 Å². The number of nitrogens with one attached hydrogen (secondary N) is 2. The van der Waals surface area contributed by atoms with Crippen molar-refractivity contribution in [1.82, 2.24) is 20.1 Å². The number of H-pyrrole nitrogens is 1. The molecule has 10 heteroatoms. The predicted molar refractivity (Wildman–Crippen MR) is 117 cm³/mol. The van der Waals surface area contributed by atoms with Gasteiger partial charge in [0.05, 0.1) is 22.4 Å². The number of halogens is 3. The van der Waals surface area contributed by atoms with Crippen molar-refractivity contribution >= 4 is 23.3 Å². The maximum atomic E-state index is 14.9. The predicted octanol–water partition coefficient (Wildman–Crippen LogP) is 4.69. The van der Waals surface area contributed by atoms with E-state index in [1.807, 2.05) is 13.8 Å². The SMILES string of the molecule is CCC1c2n[nH]c(=O)cc2CC(C)N1C(=O)Nc1cc(Cl)c(-c2ccnc(F)c2)cc1F. The zero-order valence-corrected chi connectivity index (χ0v) is 18.1. The quantitative estimate of drug-likeness (QED) is 0.556. The minimum Gasteiger partial charge on any atom is -0.313 e. The molecule has 2 aromatic heterocycles. The van der Waals surface area contributed by atoms with E-state index >= 15 is 0 Å². The Morgan fingerprint density at radius 3 is 2.81 bits per heavy atom. The number of amides is 2. The maximum absolute atomic E-state index is 14.9. The van der Waals surface area contributed by atoms with E-state index < -0.39 is 17.8 Å². The van der Waals surface area contributed by atoms with Crippen molar-refractivity contribution in [2.75, 3.05) is 5.32 Å². The van der Waals surface area contributed by atoms with E-state index in [0.29, 0.717) is 24.1 Å². The Morgan fingerprint density at radius 1 is 1.31 bits per heavy atom. The molecule has 0 spiro atoms. The fourth-order valence-corrected chi connectivity index (χ4v) is 4.38. The molecule has 2 atom stereocenters. The molecule has 7 nitrogen and oxygen atoms in total. The van der Waals surface area contributed by atoms with Gasteiger partial charge in [-0.05, 0) is 49.1 Å². The second-order valence-corrected chi connectivity index (χ2v) is 8.04. The number of nitrogens with zero attached hydrogens (tertiary/aromatic N) is 3. The van der Waals surface area contributed by atoms with Crippen LogP contribution in [0.1, 0.15) is 37.6 Å². The van der Waals surface area contributed by atoms with Gasteiger partial charge in [-0.3, -0.25) is 4.79 Å². The summed E-state index contributed by atoms with van der Waals surface area (Å²) in [7, 11) is 0. The van der Waals surface area contributed by atoms with Crippen LogP contribution in [0.25, 0.3) is 11.1 Å². The lowest BCUT2D eigenvalue weighted by atomic mass is 9.92. The lowest BCUT2D eigenvalue weighted by Crippen LogP contribution is -2.48. The molecule has 3 aromatic rings. The molecule has 3 heterocycles. The number of rotatable bonds is 3. The Kier molecular flexibility index (Phi) is 5.92. The zero-order valence-electron chi connectivity index (χ0n) is 17.3. The van der Waals surface area contributed by atoms with Gasteiger partial charge in [0.1, 0.15) is 5.82 Å². The van der Waals surface area contributed by atoms with Crippen LogP contribution >= 0.6 is 11.6 Å². The van der Waals surface area contributed by atoms with Gasteiger partial charge in [0, 0.05) is 29.9 Å². The number of hydrogen-bond donors (Lipinski definition) is 2. The van der Waals surface area contributed by atoms with Crippen LogP contribution < -0.4 is 10.9 Å². The highest BCUT2D eigenvalue weighted by molar-refractivity contribution is 6.33. The van der Waals surface area contributed by atoms with Crippen LogP contribution in [0, 0.1) is 11.8 Å². The van der Waals surface area contributed by atoms with Crippen molar-refractivity contribution in [3.63, 3.8) is 0 Å². The highest BCUT2D eigenvalue weighted by Crippen LogP contribution is 2.35. The first-order chi connectivity index (χ1) is 15.3. The Labute approximate surface area is 187 Å². The largest absolute Gasteiger partial charge is 0.322 e. The van der Waals surface area contributed by atoms with Crippen LogP contribution in [-0.2, 0) is 6.42 Å². The molecule has 0 fully saturated rings. The first kappa shape index (κ1) is 21.9. The Morgan fingerprint density at radius 2 is 2.09 bits per heavy atom. The van der Waals surface area contributed by atoms with Crippen LogP contribution in [0.15, 0.2) is 41.3 Å². The standard InChI is InChI=1S/C22H20ClF2N5O2/c1-3-18-21-13(8-20(31)28-29-21)6-11(2)30(18)22(32)27-17-10-15(23)14(9-16(17)24)12-4-5-26-19(25)7-12/h4-5,7-11,18H,3,6H2,1-2H3,(H,27,32)(H,28,31). The number of urea groups is 1. The van der Waals surface area contributed by atoms with Crippen molar-refractivity contribution < 1.29 is 13.6 Å². The van der Waals surface area contributed by atoms with Crippen LogP contribution in [0.5, 0.6) is 0 Å². The summed E-state index contributed by atoms with van der Waals surface area (Å²) < 4.78 is 28.3. The van der Waals surface area contributed by atoms with Crippen molar-refractivity contribution in [3.05, 3.63) is 74.9 Å². The number of hydrogen-bond acceptors (Lipinski definition) is 4. The number of anilines is 1. The van der Waals surface area contributed by atoms with Gasteiger partial charge >= 0.3 is 6.03 Å². The van der Waals surface area contributed by atoms with E-state index in [9.17, 15) is 18.4 Å². The average Bonchev–Trinajstić information content (AvgIpc) is 2.74. The molecule has 0 saturated heterocycles. The lowest BCUT2D eigenvalue weighted by Gasteiger charge is -2.40. The van der Waals surface area contributed by atoms with E-state index in [2.05, 4.69) is 20.5 Å². The van der Waals surface area contributed by atoms with Crippen LogP contribution in [0.4, 0.5) is 19.3 Å². The summed E-state index contributed by atoms with van der Waals surface area (Å²) in [4.78, 5) is 29.8. The fraction of sp³-hybridized carbons (Fsp3) is 0.273. The van der Waals surface area contributed by atoms with Crippen LogP contribution in [0.3, 0.4) is 0 Å². The molecule has 1 aromatic carbocycles. The van der Waals surface area contributed by atoms with Crippen molar-refractivity contribution in [2.45, 2.75) is 38.8 Å². The minimum absolute atomic E-state index is 0.0967. The number of aromatic nitrogens is 3. The summed E-state index contributed by atoms with van der Waals surface area (Å²) in [6, 6.07) is 5.45. The molecule has 1 aliphatic rings. The fourth-order valence-electron chi connectivity index (χ4n) is 4.10. The summed E-state index contributed by atoms with van der Waals surface area (Å²) in [5.41, 5.74) is 1.67. The minimum atomic E-state index is -0.712. The highest BCUT2D eigenvalue weighted by Gasteiger charge is 2.36. The molecule has 0 bridgehead atoms. The van der Waals surface area contributed by atoms with Crippen LogP contribution in [0.2, 0.25) is 5.02 Å². The van der Waals surface area contributed by atoms with E-state index in [0.717, 1.165) is 17.7 Å².